The van der Waals surface area contributed by atoms with Gasteiger partial charge in [0.15, 0.2) is 0 Å². The Morgan fingerprint density at radius 2 is 1.02 bits per heavy atom. The lowest BCUT2D eigenvalue weighted by molar-refractivity contribution is 0.392. The molecule has 0 heterocycles. The van der Waals surface area contributed by atoms with Crippen LogP contribution in [0.3, 0.4) is 0 Å². The van der Waals surface area contributed by atoms with Crippen molar-refractivity contribution >= 4 is 40.5 Å². The van der Waals surface area contributed by atoms with Crippen LogP contribution >= 0.6 is 34.8 Å². The van der Waals surface area contributed by atoms with Crippen molar-refractivity contribution in [1.29, 1.82) is 0 Å². The number of benzene rings is 5. The quantitative estimate of drug-likeness (QED) is 0.101. The van der Waals surface area contributed by atoms with Crippen LogP contribution in [0.1, 0.15) is 43.7 Å². The average Bonchev–Trinajstić information content (AvgIpc) is 3.00. The highest BCUT2D eigenvalue weighted by atomic mass is 35.5. The number of quaternary nitrogens is 1. The van der Waals surface area contributed by atoms with Gasteiger partial charge in [0.05, 0.1) is 19.7 Å². The predicted octanol–water partition coefficient (Wildman–Crippen LogP) is 12.5. The first-order valence-electron chi connectivity index (χ1n) is 15.1. The minimum absolute atomic E-state index is 0.686. The maximum absolute atomic E-state index is 6.44. The van der Waals surface area contributed by atoms with Crippen LogP contribution in [0.2, 0.25) is 15.1 Å². The van der Waals surface area contributed by atoms with E-state index in [1.54, 1.807) is 0 Å². The molecule has 220 valence electrons. The summed E-state index contributed by atoms with van der Waals surface area (Å²) in [5.74, 6) is 0. The summed E-state index contributed by atoms with van der Waals surface area (Å²) in [5, 5.41) is 2.18. The lowest BCUT2D eigenvalue weighted by atomic mass is 9.81. The summed E-state index contributed by atoms with van der Waals surface area (Å²) in [6, 6.07) is 38.1. The van der Waals surface area contributed by atoms with E-state index < -0.39 is 0 Å². The summed E-state index contributed by atoms with van der Waals surface area (Å²) in [6.45, 7) is 3.12. The normalized spacial score (nSPS) is 11.6. The summed E-state index contributed by atoms with van der Waals surface area (Å²) >= 11 is 19.3. The van der Waals surface area contributed by atoms with E-state index in [1.165, 1.54) is 52.8 Å². The fourth-order valence-corrected chi connectivity index (χ4v) is 6.40. The SMILES string of the molecule is CCCCCCc1cc([N+](C)(C)Cc2ccccc2)c(-c2ccc(Cl)cc2)c(-c2ccc(Cl)cc2)c1-c1ccc(Cl)cc1. The van der Waals surface area contributed by atoms with Gasteiger partial charge < -0.3 is 0 Å². The van der Waals surface area contributed by atoms with Crippen LogP contribution in [-0.2, 0) is 13.0 Å². The Balaban J connectivity index is 1.87. The number of hydrogen-bond acceptors (Lipinski definition) is 0. The first-order valence-corrected chi connectivity index (χ1v) is 16.3. The molecule has 0 aromatic heterocycles. The Hall–Kier alpha value is -3.07. The van der Waals surface area contributed by atoms with Crippen molar-refractivity contribution in [3.05, 3.63) is 135 Å². The fraction of sp³-hybridized carbons (Fsp3) is 0.231. The first kappa shape index (κ1) is 31.4. The van der Waals surface area contributed by atoms with E-state index in [2.05, 4.69) is 93.8 Å². The molecule has 0 N–H and O–H groups in total. The van der Waals surface area contributed by atoms with Gasteiger partial charge in [0.25, 0.3) is 0 Å². The van der Waals surface area contributed by atoms with Gasteiger partial charge in [0.2, 0.25) is 0 Å². The van der Waals surface area contributed by atoms with E-state index >= 15 is 0 Å². The molecule has 5 aromatic rings. The summed E-state index contributed by atoms with van der Waals surface area (Å²) in [7, 11) is 4.63. The molecule has 0 aliphatic heterocycles. The average molecular weight is 628 g/mol. The van der Waals surface area contributed by atoms with E-state index in [-0.39, 0.29) is 0 Å². The highest BCUT2D eigenvalue weighted by Gasteiger charge is 2.31. The molecule has 5 aromatic carbocycles. The Morgan fingerprint density at radius 3 is 1.53 bits per heavy atom. The van der Waals surface area contributed by atoms with Crippen LogP contribution in [0.5, 0.6) is 0 Å². The zero-order valence-corrected chi connectivity index (χ0v) is 27.5. The molecule has 0 radical (unpaired) electrons. The maximum atomic E-state index is 6.44. The zero-order valence-electron chi connectivity index (χ0n) is 25.2. The van der Waals surface area contributed by atoms with Gasteiger partial charge in [-0.25, -0.2) is 0 Å². The lowest BCUT2D eigenvalue weighted by Crippen LogP contribution is -2.40. The number of hydrogen-bond donors (Lipinski definition) is 0. The molecule has 0 unspecified atom stereocenters. The second-order valence-electron chi connectivity index (χ2n) is 11.8. The van der Waals surface area contributed by atoms with Gasteiger partial charge in [-0.1, -0.05) is 128 Å². The Labute approximate surface area is 272 Å². The number of aryl methyl sites for hydroxylation is 1. The molecule has 0 fully saturated rings. The van der Waals surface area contributed by atoms with Crippen molar-refractivity contribution in [2.45, 2.75) is 45.6 Å². The summed E-state index contributed by atoms with van der Waals surface area (Å²) < 4.78 is 0.686. The van der Waals surface area contributed by atoms with Crippen LogP contribution < -0.4 is 4.48 Å². The summed E-state index contributed by atoms with van der Waals surface area (Å²) in [5.41, 5.74) is 11.0. The molecule has 0 bridgehead atoms. The second-order valence-corrected chi connectivity index (χ2v) is 13.1. The molecular weight excluding hydrogens is 589 g/mol. The molecule has 0 spiro atoms. The molecule has 4 heteroatoms. The van der Waals surface area contributed by atoms with Crippen molar-refractivity contribution in [3.63, 3.8) is 0 Å². The fourth-order valence-electron chi connectivity index (χ4n) is 6.03. The molecule has 0 amide bonds. The molecule has 0 aliphatic rings. The van der Waals surface area contributed by atoms with Crippen LogP contribution in [0.25, 0.3) is 33.4 Å². The largest absolute Gasteiger partial charge is 0.292 e. The van der Waals surface area contributed by atoms with Crippen molar-refractivity contribution in [2.75, 3.05) is 14.1 Å². The van der Waals surface area contributed by atoms with Gasteiger partial charge in [-0.05, 0) is 77.1 Å². The number of rotatable bonds is 11. The van der Waals surface area contributed by atoms with Gasteiger partial charge >= 0.3 is 0 Å². The van der Waals surface area contributed by atoms with Crippen LogP contribution in [0.4, 0.5) is 5.69 Å². The predicted molar refractivity (Wildman–Crippen MR) is 189 cm³/mol. The molecule has 43 heavy (non-hydrogen) atoms. The standard InChI is InChI=1S/C39H39Cl3N/c1-4-5-6-10-13-32-26-36(43(2,3)27-28-11-8-7-9-12-28)38(30-16-22-34(41)23-17-30)39(31-18-24-35(42)25-19-31)37(32)29-14-20-33(40)21-15-29/h7-9,11-12,14-26H,4-6,10,13,27H2,1-3H3/q+1. The van der Waals surface area contributed by atoms with E-state index in [0.717, 1.165) is 51.1 Å². The molecule has 0 saturated carbocycles. The van der Waals surface area contributed by atoms with Crippen molar-refractivity contribution in [1.82, 2.24) is 4.48 Å². The van der Waals surface area contributed by atoms with Crippen LogP contribution in [0, 0.1) is 0 Å². The van der Waals surface area contributed by atoms with E-state index in [0.29, 0.717) is 4.48 Å². The smallest absolute Gasteiger partial charge is 0.141 e. The van der Waals surface area contributed by atoms with Gasteiger partial charge in [0.1, 0.15) is 12.2 Å². The third kappa shape index (κ3) is 7.54. The lowest BCUT2D eigenvalue weighted by Gasteiger charge is -2.34. The zero-order chi connectivity index (χ0) is 30.4. The molecule has 0 saturated heterocycles. The first-order chi connectivity index (χ1) is 20.8. The second kappa shape index (κ2) is 14.1. The van der Waals surface area contributed by atoms with Crippen LogP contribution in [-0.4, -0.2) is 14.1 Å². The Kier molecular flexibility index (Phi) is 10.3. The van der Waals surface area contributed by atoms with E-state index in [1.807, 2.05) is 36.4 Å². The topological polar surface area (TPSA) is 0 Å². The van der Waals surface area contributed by atoms with Crippen molar-refractivity contribution in [3.8, 4) is 33.4 Å². The number of halogens is 3. The highest BCUT2D eigenvalue weighted by molar-refractivity contribution is 6.31. The molecular formula is C39H39Cl3N+. The van der Waals surface area contributed by atoms with E-state index in [4.69, 9.17) is 34.8 Å². The Bertz CT molecular complexity index is 1640. The van der Waals surface area contributed by atoms with Gasteiger partial charge in [-0.2, -0.15) is 0 Å². The van der Waals surface area contributed by atoms with Gasteiger partial charge in [-0.15, -0.1) is 0 Å². The minimum Gasteiger partial charge on any atom is -0.292 e. The Morgan fingerprint density at radius 1 is 0.535 bits per heavy atom. The van der Waals surface area contributed by atoms with Crippen molar-refractivity contribution < 1.29 is 0 Å². The monoisotopic (exact) mass is 626 g/mol. The number of nitrogens with zero attached hydrogens (tertiary/aromatic N) is 1. The third-order valence-corrected chi connectivity index (χ3v) is 8.92. The molecule has 5 rings (SSSR count). The molecule has 1 nitrogen and oxygen atoms in total. The summed E-state index contributed by atoms with van der Waals surface area (Å²) in [6.07, 6.45) is 5.80. The molecule has 0 atom stereocenters. The highest BCUT2D eigenvalue weighted by Crippen LogP contribution is 2.49. The minimum atomic E-state index is 0.686. The van der Waals surface area contributed by atoms with E-state index in [9.17, 15) is 0 Å². The maximum Gasteiger partial charge on any atom is 0.141 e. The van der Waals surface area contributed by atoms with Gasteiger partial charge in [0, 0.05) is 32.3 Å². The third-order valence-electron chi connectivity index (χ3n) is 8.16. The molecule has 0 aliphatic carbocycles. The van der Waals surface area contributed by atoms with Crippen molar-refractivity contribution in [2.24, 2.45) is 0 Å². The van der Waals surface area contributed by atoms with Gasteiger partial charge in [-0.3, -0.25) is 4.48 Å². The number of unbranched alkanes of at least 4 members (excludes halogenated alkanes) is 3. The van der Waals surface area contributed by atoms with Crippen LogP contribution in [0.15, 0.2) is 109 Å². The summed E-state index contributed by atoms with van der Waals surface area (Å²) in [4.78, 5) is 0.